The van der Waals surface area contributed by atoms with Gasteiger partial charge in [0, 0.05) is 6.07 Å². The zero-order valence-electron chi connectivity index (χ0n) is 27.9. The first kappa shape index (κ1) is 36.2. The third kappa shape index (κ3) is 11.0. The molecular formula is C39H52O8. The van der Waals surface area contributed by atoms with Crippen molar-refractivity contribution in [3.63, 3.8) is 0 Å². The van der Waals surface area contributed by atoms with Gasteiger partial charge in [-0.25, -0.2) is 9.59 Å². The van der Waals surface area contributed by atoms with Crippen LogP contribution in [0.5, 0.6) is 11.5 Å². The van der Waals surface area contributed by atoms with Crippen LogP contribution in [0.1, 0.15) is 95.5 Å². The molecule has 256 valence electrons. The van der Waals surface area contributed by atoms with Crippen molar-refractivity contribution < 1.29 is 38.7 Å². The Labute approximate surface area is 279 Å². The normalized spacial score (nSPS) is 21.0. The monoisotopic (exact) mass is 648 g/mol. The maximum Gasteiger partial charge on any atom is 0.338 e. The number of carbonyl (C=O) groups excluding carboxylic acids is 2. The Bertz CT molecular complexity index is 1260. The van der Waals surface area contributed by atoms with E-state index in [4.69, 9.17) is 29.2 Å². The lowest BCUT2D eigenvalue weighted by molar-refractivity contribution is -0.146. The fourth-order valence-electron chi connectivity index (χ4n) is 7.04. The summed E-state index contributed by atoms with van der Waals surface area (Å²) >= 11 is 0. The van der Waals surface area contributed by atoms with E-state index in [-0.39, 0.29) is 11.1 Å². The molecule has 2 fully saturated rings. The van der Waals surface area contributed by atoms with Crippen molar-refractivity contribution in [3.8, 4) is 22.6 Å². The van der Waals surface area contributed by atoms with Crippen LogP contribution < -0.4 is 9.47 Å². The highest BCUT2D eigenvalue weighted by molar-refractivity contribution is 5.88. The summed E-state index contributed by atoms with van der Waals surface area (Å²) in [5.41, 5.74) is 2.96. The molecule has 47 heavy (non-hydrogen) atoms. The van der Waals surface area contributed by atoms with Crippen molar-refractivity contribution in [1.29, 1.82) is 0 Å². The quantitative estimate of drug-likeness (QED) is 0.0772. The van der Waals surface area contributed by atoms with E-state index in [0.717, 1.165) is 28.9 Å². The Morgan fingerprint density at radius 1 is 0.702 bits per heavy atom. The number of rotatable bonds is 17. The molecule has 2 aromatic carbocycles. The van der Waals surface area contributed by atoms with E-state index < -0.39 is 38.7 Å². The minimum absolute atomic E-state index is 0.0773. The SMILES string of the molecule is C=C(CO)C(=O)OCOc1cc(OCOC(=O)C(=C)CO)cc(-c2ccc(C3CCC(C4CCC(CCCCC)CC4)CC3)cc2)c1. The lowest BCUT2D eigenvalue weighted by atomic mass is 9.68. The molecule has 2 aliphatic rings. The molecule has 0 amide bonds. The number of benzene rings is 2. The second-order valence-corrected chi connectivity index (χ2v) is 13.1. The van der Waals surface area contributed by atoms with Crippen LogP contribution in [0.4, 0.5) is 0 Å². The van der Waals surface area contributed by atoms with Gasteiger partial charge in [0.05, 0.1) is 24.4 Å². The molecule has 0 unspecified atom stereocenters. The van der Waals surface area contributed by atoms with Crippen molar-refractivity contribution in [2.45, 2.75) is 89.9 Å². The number of aliphatic hydroxyl groups excluding tert-OH is 2. The summed E-state index contributed by atoms with van der Waals surface area (Å²) in [6, 6.07) is 13.8. The van der Waals surface area contributed by atoms with Gasteiger partial charge in [0.15, 0.2) is 0 Å². The van der Waals surface area contributed by atoms with Crippen LogP contribution in [0.3, 0.4) is 0 Å². The molecular weight excluding hydrogens is 596 g/mol. The predicted octanol–water partition coefficient (Wildman–Crippen LogP) is 7.87. The maximum atomic E-state index is 11.9. The van der Waals surface area contributed by atoms with Gasteiger partial charge >= 0.3 is 11.9 Å². The smallest absolute Gasteiger partial charge is 0.338 e. The molecule has 8 heteroatoms. The van der Waals surface area contributed by atoms with E-state index >= 15 is 0 Å². The fraction of sp³-hybridized carbons (Fsp3) is 0.538. The summed E-state index contributed by atoms with van der Waals surface area (Å²) in [5.74, 6) is 2.55. The van der Waals surface area contributed by atoms with E-state index in [0.29, 0.717) is 17.4 Å². The number of unbranched alkanes of at least 4 members (excludes halogenated alkanes) is 2. The van der Waals surface area contributed by atoms with Crippen LogP contribution in [0.2, 0.25) is 0 Å². The molecule has 0 radical (unpaired) electrons. The molecule has 2 aliphatic carbocycles. The molecule has 8 nitrogen and oxygen atoms in total. The summed E-state index contributed by atoms with van der Waals surface area (Å²) in [5, 5.41) is 18.2. The average molecular weight is 649 g/mol. The van der Waals surface area contributed by atoms with Gasteiger partial charge in [-0.15, -0.1) is 0 Å². The topological polar surface area (TPSA) is 112 Å². The number of hydrogen-bond donors (Lipinski definition) is 2. The Morgan fingerprint density at radius 3 is 1.70 bits per heavy atom. The minimum atomic E-state index is -0.758. The highest BCUT2D eigenvalue weighted by Gasteiger charge is 2.31. The molecule has 0 atom stereocenters. The van der Waals surface area contributed by atoms with E-state index in [2.05, 4.69) is 44.3 Å². The number of aliphatic hydroxyl groups is 2. The molecule has 0 spiro atoms. The standard InChI is InChI=1S/C39H52O8/c1-4-5-6-7-29-8-10-30(11-9-29)31-12-14-32(15-13-31)33-16-18-34(19-17-33)35-20-36(44-25-46-38(42)27(2)23-40)22-37(21-35)45-26-47-39(43)28(3)24-41/h16-22,29-32,40-41H,2-15,23-26H2,1H3. The van der Waals surface area contributed by atoms with Gasteiger partial charge in [-0.2, -0.15) is 0 Å². The van der Waals surface area contributed by atoms with E-state index in [1.807, 2.05) is 0 Å². The summed E-state index contributed by atoms with van der Waals surface area (Å²) < 4.78 is 21.4. The van der Waals surface area contributed by atoms with Crippen molar-refractivity contribution >= 4 is 11.9 Å². The molecule has 0 bridgehead atoms. The van der Waals surface area contributed by atoms with Crippen molar-refractivity contribution in [1.82, 2.24) is 0 Å². The van der Waals surface area contributed by atoms with Gasteiger partial charge in [-0.05, 0) is 91.0 Å². The second-order valence-electron chi connectivity index (χ2n) is 13.1. The zero-order valence-corrected chi connectivity index (χ0v) is 27.9. The van der Waals surface area contributed by atoms with E-state index in [1.165, 1.54) is 82.6 Å². The third-order valence-corrected chi connectivity index (χ3v) is 9.93. The van der Waals surface area contributed by atoms with Crippen LogP contribution in [-0.4, -0.2) is 49.0 Å². The molecule has 0 saturated heterocycles. The van der Waals surface area contributed by atoms with Gasteiger partial charge in [0.1, 0.15) is 11.5 Å². The predicted molar refractivity (Wildman–Crippen MR) is 182 cm³/mol. The third-order valence-electron chi connectivity index (χ3n) is 9.93. The maximum absolute atomic E-state index is 11.9. The highest BCUT2D eigenvalue weighted by Crippen LogP contribution is 2.45. The molecule has 0 heterocycles. The lowest BCUT2D eigenvalue weighted by Crippen LogP contribution is -2.25. The first-order chi connectivity index (χ1) is 22.8. The minimum Gasteiger partial charge on any atom is -0.457 e. The highest BCUT2D eigenvalue weighted by atomic mass is 16.7. The second kappa shape index (κ2) is 18.6. The lowest BCUT2D eigenvalue weighted by Gasteiger charge is -2.38. The van der Waals surface area contributed by atoms with Crippen molar-refractivity contribution in [3.05, 3.63) is 72.3 Å². The fourth-order valence-corrected chi connectivity index (χ4v) is 7.04. The number of carbonyl (C=O) groups is 2. The van der Waals surface area contributed by atoms with Gasteiger partial charge in [-0.3, -0.25) is 0 Å². The molecule has 2 N–H and O–H groups in total. The molecule has 2 aromatic rings. The first-order valence-corrected chi connectivity index (χ1v) is 17.2. The Morgan fingerprint density at radius 2 is 1.21 bits per heavy atom. The average Bonchev–Trinajstić information content (AvgIpc) is 3.11. The van der Waals surface area contributed by atoms with Crippen molar-refractivity contribution in [2.24, 2.45) is 17.8 Å². The Kier molecular flexibility index (Phi) is 14.4. The molecule has 0 aromatic heterocycles. The number of ether oxygens (including phenoxy) is 4. The van der Waals surface area contributed by atoms with E-state index in [1.54, 1.807) is 18.2 Å². The summed E-state index contributed by atoms with van der Waals surface area (Å²) in [6.45, 7) is 7.38. The van der Waals surface area contributed by atoms with Gasteiger partial charge in [0.2, 0.25) is 13.6 Å². The van der Waals surface area contributed by atoms with Crippen LogP contribution in [0.15, 0.2) is 66.8 Å². The molecule has 4 rings (SSSR count). The van der Waals surface area contributed by atoms with E-state index in [9.17, 15) is 9.59 Å². The summed E-state index contributed by atoms with van der Waals surface area (Å²) in [4.78, 5) is 23.7. The summed E-state index contributed by atoms with van der Waals surface area (Å²) in [6.07, 6.45) is 16.4. The Hall–Kier alpha value is -3.62. The zero-order chi connectivity index (χ0) is 33.6. The molecule has 2 saturated carbocycles. The van der Waals surface area contributed by atoms with Gasteiger partial charge in [0.25, 0.3) is 0 Å². The van der Waals surface area contributed by atoms with Gasteiger partial charge < -0.3 is 29.2 Å². The number of hydrogen-bond acceptors (Lipinski definition) is 8. The Balaban J connectivity index is 1.35. The largest absolute Gasteiger partial charge is 0.457 e. The molecule has 0 aliphatic heterocycles. The van der Waals surface area contributed by atoms with Crippen molar-refractivity contribution in [2.75, 3.05) is 26.8 Å². The van der Waals surface area contributed by atoms with Crippen LogP contribution in [0, 0.1) is 17.8 Å². The van der Waals surface area contributed by atoms with Crippen LogP contribution in [-0.2, 0) is 19.1 Å². The van der Waals surface area contributed by atoms with Crippen LogP contribution in [0.25, 0.3) is 11.1 Å². The number of esters is 2. The van der Waals surface area contributed by atoms with Gasteiger partial charge in [-0.1, -0.05) is 82.9 Å². The first-order valence-electron chi connectivity index (χ1n) is 17.2. The van der Waals surface area contributed by atoms with Crippen LogP contribution >= 0.6 is 0 Å². The summed E-state index contributed by atoms with van der Waals surface area (Å²) in [7, 11) is 0.